The van der Waals surface area contributed by atoms with Gasteiger partial charge in [-0.15, -0.1) is 0 Å². The number of aromatic nitrogens is 4. The maximum Gasteiger partial charge on any atom is 0.164 e. The lowest BCUT2D eigenvalue weighted by atomic mass is 9.99. The molecule has 0 radical (unpaired) electrons. The third-order valence-corrected chi connectivity index (χ3v) is 9.43. The topological polar surface area (TPSA) is 43.6 Å². The molecule has 4 nitrogen and oxygen atoms in total. The third kappa shape index (κ3) is 6.16. The molecular weight excluding hydrogens is 669 g/mol. The standard InChI is InChI=1S/C51H34N4/c1-4-12-35(13-5-1)37-20-22-38(23-21-37)39-24-26-41(27-25-39)50-52-49(40-16-8-3-9-17-40)53-51(54-50)42-28-31-44(32-29-42)55-47-19-11-10-18-45(47)46-34-43(30-33-48(46)55)36-14-6-2-7-15-36/h1-34H/i2D,6D,7D,10D,11D,14D,15D,18D,19D,30D,33D,34D. The normalized spacial score (nSPS) is 14.3. The Labute approximate surface area is 336 Å². The largest absolute Gasteiger partial charge is 0.309 e. The number of rotatable bonds is 7. The molecule has 0 spiro atoms. The second-order valence-corrected chi connectivity index (χ2v) is 12.8. The third-order valence-electron chi connectivity index (χ3n) is 9.43. The molecule has 0 atom stereocenters. The van der Waals surface area contributed by atoms with Crippen LogP contribution in [-0.4, -0.2) is 19.5 Å². The van der Waals surface area contributed by atoms with Gasteiger partial charge in [-0.05, 0) is 75.8 Å². The molecular formula is C51H34N4. The molecule has 0 fully saturated rings. The first-order chi connectivity index (χ1) is 32.2. The van der Waals surface area contributed by atoms with Gasteiger partial charge in [-0.1, -0.05) is 164 Å². The van der Waals surface area contributed by atoms with Gasteiger partial charge < -0.3 is 4.57 Å². The minimum atomic E-state index is -0.689. The molecule has 2 heterocycles. The first-order valence-electron chi connectivity index (χ1n) is 23.5. The second kappa shape index (κ2) is 13.8. The van der Waals surface area contributed by atoms with Gasteiger partial charge in [0.2, 0.25) is 0 Å². The molecule has 0 bridgehead atoms. The molecule has 0 aliphatic heterocycles. The van der Waals surface area contributed by atoms with Crippen molar-refractivity contribution in [1.29, 1.82) is 0 Å². The Hall–Kier alpha value is -7.43. The smallest absolute Gasteiger partial charge is 0.164 e. The summed E-state index contributed by atoms with van der Waals surface area (Å²) >= 11 is 0. The number of hydrogen-bond donors (Lipinski definition) is 0. The van der Waals surface area contributed by atoms with E-state index < -0.39 is 83.6 Å². The van der Waals surface area contributed by atoms with Crippen molar-refractivity contribution < 1.29 is 16.4 Å². The van der Waals surface area contributed by atoms with E-state index >= 15 is 0 Å². The Balaban J connectivity index is 1.10. The fraction of sp³-hybridized carbons (Fsp3) is 0. The van der Waals surface area contributed by atoms with Crippen LogP contribution in [0.4, 0.5) is 0 Å². The maximum absolute atomic E-state index is 9.45. The fourth-order valence-electron chi connectivity index (χ4n) is 6.68. The van der Waals surface area contributed by atoms with Crippen molar-refractivity contribution in [2.45, 2.75) is 0 Å². The van der Waals surface area contributed by atoms with Crippen LogP contribution in [0, 0.1) is 0 Å². The molecule has 258 valence electrons. The second-order valence-electron chi connectivity index (χ2n) is 12.8. The van der Waals surface area contributed by atoms with E-state index in [2.05, 4.69) is 36.4 Å². The van der Waals surface area contributed by atoms with Gasteiger partial charge in [-0.25, -0.2) is 15.0 Å². The van der Waals surface area contributed by atoms with Gasteiger partial charge in [0, 0.05) is 33.2 Å². The van der Waals surface area contributed by atoms with Crippen LogP contribution < -0.4 is 0 Å². The average molecular weight is 715 g/mol. The van der Waals surface area contributed by atoms with E-state index in [4.69, 9.17) is 28.7 Å². The van der Waals surface area contributed by atoms with Gasteiger partial charge >= 0.3 is 0 Å². The summed E-state index contributed by atoms with van der Waals surface area (Å²) in [7, 11) is 0. The van der Waals surface area contributed by atoms with Gasteiger partial charge in [0.25, 0.3) is 0 Å². The molecule has 0 amide bonds. The first-order valence-corrected chi connectivity index (χ1v) is 17.5. The summed E-state index contributed by atoms with van der Waals surface area (Å²) in [5, 5.41) is -0.263. The van der Waals surface area contributed by atoms with Crippen LogP contribution in [0.1, 0.15) is 16.4 Å². The van der Waals surface area contributed by atoms with Gasteiger partial charge in [0.05, 0.1) is 27.5 Å². The number of fused-ring (bicyclic) bond motifs is 3. The zero-order valence-corrected chi connectivity index (χ0v) is 29.0. The summed E-state index contributed by atoms with van der Waals surface area (Å²) in [5.74, 6) is 1.20. The maximum atomic E-state index is 9.45. The highest BCUT2D eigenvalue weighted by molar-refractivity contribution is 6.10. The van der Waals surface area contributed by atoms with Gasteiger partial charge in [0.15, 0.2) is 17.5 Å². The molecule has 0 aliphatic rings. The van der Waals surface area contributed by atoms with E-state index in [1.165, 1.54) is 4.57 Å². The summed E-state index contributed by atoms with van der Waals surface area (Å²) in [4.78, 5) is 14.7. The van der Waals surface area contributed by atoms with Crippen LogP contribution in [0.25, 0.3) is 95.0 Å². The molecule has 2 aromatic heterocycles. The van der Waals surface area contributed by atoms with Crippen molar-refractivity contribution in [3.8, 4) is 73.2 Å². The van der Waals surface area contributed by atoms with Crippen molar-refractivity contribution in [3.63, 3.8) is 0 Å². The minimum absolute atomic E-state index is 0.0715. The molecule has 10 aromatic rings. The highest BCUT2D eigenvalue weighted by Crippen LogP contribution is 2.36. The molecule has 0 saturated heterocycles. The van der Waals surface area contributed by atoms with Crippen LogP contribution in [0.3, 0.4) is 0 Å². The molecule has 10 rings (SSSR count). The van der Waals surface area contributed by atoms with Crippen molar-refractivity contribution >= 4 is 21.8 Å². The van der Waals surface area contributed by atoms with E-state index in [0.29, 0.717) is 28.7 Å². The zero-order valence-electron chi connectivity index (χ0n) is 41.0. The van der Waals surface area contributed by atoms with Crippen molar-refractivity contribution in [1.82, 2.24) is 19.5 Å². The Morgan fingerprint density at radius 1 is 0.327 bits per heavy atom. The highest BCUT2D eigenvalue weighted by atomic mass is 15.0. The number of para-hydroxylation sites is 1. The zero-order chi connectivity index (χ0) is 47.0. The molecule has 4 heteroatoms. The lowest BCUT2D eigenvalue weighted by Crippen LogP contribution is -2.00. The summed E-state index contributed by atoms with van der Waals surface area (Å²) in [6.07, 6.45) is 0. The number of hydrogen-bond acceptors (Lipinski definition) is 3. The van der Waals surface area contributed by atoms with Crippen LogP contribution in [0.15, 0.2) is 206 Å². The van der Waals surface area contributed by atoms with Gasteiger partial charge in [0.1, 0.15) is 0 Å². The average Bonchev–Trinajstić information content (AvgIpc) is 3.74. The Kier molecular flexibility index (Phi) is 5.52. The van der Waals surface area contributed by atoms with Crippen molar-refractivity contribution in [2.24, 2.45) is 0 Å². The summed E-state index contributed by atoms with van der Waals surface area (Å²) in [6.45, 7) is 0. The molecule has 55 heavy (non-hydrogen) atoms. The van der Waals surface area contributed by atoms with Crippen molar-refractivity contribution in [3.05, 3.63) is 206 Å². The van der Waals surface area contributed by atoms with Crippen LogP contribution >= 0.6 is 0 Å². The van der Waals surface area contributed by atoms with Crippen LogP contribution in [0.5, 0.6) is 0 Å². The summed E-state index contributed by atoms with van der Waals surface area (Å²) in [6, 6.07) is 35.6. The highest BCUT2D eigenvalue weighted by Gasteiger charge is 2.16. The summed E-state index contributed by atoms with van der Waals surface area (Å²) in [5.41, 5.74) is 5.69. The molecule has 0 N–H and O–H groups in total. The molecule has 8 aromatic carbocycles. The Bertz CT molecular complexity index is 3590. The summed E-state index contributed by atoms with van der Waals surface area (Å²) < 4.78 is 106. The van der Waals surface area contributed by atoms with E-state index in [-0.39, 0.29) is 21.8 Å². The molecule has 0 unspecified atom stereocenters. The minimum Gasteiger partial charge on any atom is -0.309 e. The van der Waals surface area contributed by atoms with Gasteiger partial charge in [-0.3, -0.25) is 0 Å². The molecule has 0 saturated carbocycles. The fourth-order valence-corrected chi connectivity index (χ4v) is 6.68. The van der Waals surface area contributed by atoms with Gasteiger partial charge in [-0.2, -0.15) is 0 Å². The predicted octanol–water partition coefficient (Wildman–Crippen LogP) is 13.0. The van der Waals surface area contributed by atoms with Crippen LogP contribution in [0.2, 0.25) is 0 Å². The monoisotopic (exact) mass is 714 g/mol. The number of nitrogens with zero attached hydrogens (tertiary/aromatic N) is 4. The van der Waals surface area contributed by atoms with Crippen molar-refractivity contribution in [2.75, 3.05) is 0 Å². The molecule has 0 aliphatic carbocycles. The lowest BCUT2D eigenvalue weighted by molar-refractivity contribution is 1.07. The Morgan fingerprint density at radius 2 is 0.764 bits per heavy atom. The van der Waals surface area contributed by atoms with E-state index in [1.54, 1.807) is 24.3 Å². The quantitative estimate of drug-likeness (QED) is 0.165. The SMILES string of the molecule is [2H]c1c([2H])c([2H])c(-c2c([2H])c([2H])c3c(c2[2H])c2c([2H])c([2H])c([2H])c([2H])c2n3-c2ccc(-c3nc(-c4ccccc4)nc(-c4ccc(-c5ccc(-c6ccccc6)cc5)cc4)n3)cc2)c([2H])c1[2H]. The van der Waals surface area contributed by atoms with E-state index in [0.717, 1.165) is 33.4 Å². The van der Waals surface area contributed by atoms with E-state index in [1.807, 2.05) is 72.8 Å². The Morgan fingerprint density at radius 3 is 1.35 bits per heavy atom. The predicted molar refractivity (Wildman–Crippen MR) is 227 cm³/mol. The lowest BCUT2D eigenvalue weighted by Gasteiger charge is -2.11. The van der Waals surface area contributed by atoms with E-state index in [9.17, 15) is 2.74 Å². The number of benzene rings is 8. The first kappa shape index (κ1) is 21.9. The van der Waals surface area contributed by atoms with Crippen LogP contribution in [-0.2, 0) is 0 Å².